The standard InChI is InChI=1S/C16H24N2OS/c1-6-9-17-15(20)18-11-12-7-8-13(19-5)10-14(12)16(2,3)4/h6-8,10H,1,9,11H2,2-5H3,(H2,17,18,20). The van der Waals surface area contributed by atoms with E-state index in [0.717, 1.165) is 5.75 Å². The molecule has 110 valence electrons. The molecular formula is C16H24N2OS. The molecule has 0 aliphatic rings. The third kappa shape index (κ3) is 4.85. The van der Waals surface area contributed by atoms with Gasteiger partial charge in [-0.3, -0.25) is 0 Å². The highest BCUT2D eigenvalue weighted by Crippen LogP contribution is 2.29. The number of methoxy groups -OCH3 is 1. The SMILES string of the molecule is C=CCNC(=S)NCc1ccc(OC)cc1C(C)(C)C. The lowest BCUT2D eigenvalue weighted by Gasteiger charge is -2.24. The minimum Gasteiger partial charge on any atom is -0.497 e. The summed E-state index contributed by atoms with van der Waals surface area (Å²) in [4.78, 5) is 0. The summed E-state index contributed by atoms with van der Waals surface area (Å²) in [7, 11) is 1.69. The quantitative estimate of drug-likeness (QED) is 0.645. The minimum absolute atomic E-state index is 0.0573. The maximum atomic E-state index is 5.31. The van der Waals surface area contributed by atoms with Crippen molar-refractivity contribution in [3.8, 4) is 5.75 Å². The fourth-order valence-corrected chi connectivity index (χ4v) is 2.09. The largest absolute Gasteiger partial charge is 0.497 e. The van der Waals surface area contributed by atoms with Crippen LogP contribution in [-0.2, 0) is 12.0 Å². The zero-order valence-corrected chi connectivity index (χ0v) is 13.6. The van der Waals surface area contributed by atoms with Crippen LogP contribution in [0, 0.1) is 0 Å². The molecule has 0 aliphatic heterocycles. The highest BCUT2D eigenvalue weighted by Gasteiger charge is 2.18. The first kappa shape index (κ1) is 16.5. The summed E-state index contributed by atoms with van der Waals surface area (Å²) in [6, 6.07) is 6.16. The van der Waals surface area contributed by atoms with Crippen molar-refractivity contribution in [2.24, 2.45) is 0 Å². The Balaban J connectivity index is 2.84. The molecule has 0 bridgehead atoms. The van der Waals surface area contributed by atoms with Crippen LogP contribution in [0.5, 0.6) is 5.75 Å². The van der Waals surface area contributed by atoms with Crippen LogP contribution in [0.2, 0.25) is 0 Å². The van der Waals surface area contributed by atoms with Gasteiger partial charge in [0, 0.05) is 13.1 Å². The van der Waals surface area contributed by atoms with E-state index < -0.39 is 0 Å². The van der Waals surface area contributed by atoms with Gasteiger partial charge in [-0.25, -0.2) is 0 Å². The lowest BCUT2D eigenvalue weighted by Crippen LogP contribution is -2.35. The van der Waals surface area contributed by atoms with Gasteiger partial charge in [-0.05, 0) is 40.9 Å². The first-order chi connectivity index (χ1) is 9.38. The normalized spacial score (nSPS) is 10.8. The monoisotopic (exact) mass is 292 g/mol. The molecule has 1 rings (SSSR count). The summed E-state index contributed by atoms with van der Waals surface area (Å²) < 4.78 is 5.31. The molecule has 3 nitrogen and oxygen atoms in total. The Kier molecular flexibility index (Phi) is 6.02. The Hall–Kier alpha value is -1.55. The van der Waals surface area contributed by atoms with Crippen molar-refractivity contribution in [2.45, 2.75) is 32.7 Å². The molecule has 0 saturated carbocycles. The molecule has 0 aliphatic carbocycles. The number of benzene rings is 1. The molecular weight excluding hydrogens is 268 g/mol. The van der Waals surface area contributed by atoms with Crippen LogP contribution in [-0.4, -0.2) is 18.8 Å². The van der Waals surface area contributed by atoms with E-state index in [9.17, 15) is 0 Å². The Morgan fingerprint density at radius 1 is 1.35 bits per heavy atom. The van der Waals surface area contributed by atoms with Crippen LogP contribution >= 0.6 is 12.2 Å². The fraction of sp³-hybridized carbons (Fsp3) is 0.438. The topological polar surface area (TPSA) is 33.3 Å². The van der Waals surface area contributed by atoms with Crippen molar-refractivity contribution in [2.75, 3.05) is 13.7 Å². The number of hydrogen-bond donors (Lipinski definition) is 2. The van der Waals surface area contributed by atoms with E-state index in [2.05, 4.69) is 50.1 Å². The van der Waals surface area contributed by atoms with Gasteiger partial charge in [0.1, 0.15) is 5.75 Å². The number of thiocarbonyl (C=S) groups is 1. The second-order valence-corrected chi connectivity index (χ2v) is 6.03. The lowest BCUT2D eigenvalue weighted by molar-refractivity contribution is 0.412. The molecule has 0 atom stereocenters. The van der Waals surface area contributed by atoms with Gasteiger partial charge in [-0.15, -0.1) is 6.58 Å². The first-order valence-electron chi connectivity index (χ1n) is 6.68. The van der Waals surface area contributed by atoms with Crippen molar-refractivity contribution in [3.05, 3.63) is 42.0 Å². The van der Waals surface area contributed by atoms with Gasteiger partial charge in [-0.2, -0.15) is 0 Å². The van der Waals surface area contributed by atoms with E-state index in [1.807, 2.05) is 6.07 Å². The van der Waals surface area contributed by atoms with Crippen molar-refractivity contribution in [1.82, 2.24) is 10.6 Å². The molecule has 0 radical (unpaired) electrons. The lowest BCUT2D eigenvalue weighted by atomic mass is 9.83. The third-order valence-corrected chi connectivity index (χ3v) is 3.26. The van der Waals surface area contributed by atoms with Crippen LogP contribution in [0.1, 0.15) is 31.9 Å². The van der Waals surface area contributed by atoms with E-state index in [4.69, 9.17) is 17.0 Å². The second kappa shape index (κ2) is 7.29. The smallest absolute Gasteiger partial charge is 0.166 e. The Labute approximate surface area is 127 Å². The van der Waals surface area contributed by atoms with E-state index in [1.165, 1.54) is 11.1 Å². The molecule has 0 saturated heterocycles. The maximum absolute atomic E-state index is 5.31. The van der Waals surface area contributed by atoms with Crippen LogP contribution in [0.3, 0.4) is 0 Å². The van der Waals surface area contributed by atoms with Gasteiger partial charge in [-0.1, -0.05) is 32.9 Å². The second-order valence-electron chi connectivity index (χ2n) is 5.63. The van der Waals surface area contributed by atoms with Crippen molar-refractivity contribution < 1.29 is 4.74 Å². The molecule has 1 aromatic rings. The number of rotatable bonds is 5. The summed E-state index contributed by atoms with van der Waals surface area (Å²) in [5, 5.41) is 6.92. The summed E-state index contributed by atoms with van der Waals surface area (Å²) in [5.74, 6) is 0.881. The summed E-state index contributed by atoms with van der Waals surface area (Å²) in [5.41, 5.74) is 2.54. The molecule has 0 unspecified atom stereocenters. The van der Waals surface area contributed by atoms with Gasteiger partial charge < -0.3 is 15.4 Å². The predicted molar refractivity (Wildman–Crippen MR) is 89.3 cm³/mol. The van der Waals surface area contributed by atoms with Crippen LogP contribution in [0.15, 0.2) is 30.9 Å². The van der Waals surface area contributed by atoms with Crippen LogP contribution in [0.4, 0.5) is 0 Å². The minimum atomic E-state index is 0.0573. The Morgan fingerprint density at radius 3 is 2.60 bits per heavy atom. The van der Waals surface area contributed by atoms with Crippen molar-refractivity contribution in [3.63, 3.8) is 0 Å². The van der Waals surface area contributed by atoms with Gasteiger partial charge in [0.05, 0.1) is 7.11 Å². The molecule has 0 fully saturated rings. The van der Waals surface area contributed by atoms with Crippen molar-refractivity contribution in [1.29, 1.82) is 0 Å². The average molecular weight is 292 g/mol. The number of ether oxygens (including phenoxy) is 1. The van der Waals surface area contributed by atoms with Gasteiger partial charge in [0.15, 0.2) is 5.11 Å². The fourth-order valence-electron chi connectivity index (χ4n) is 1.94. The number of hydrogen-bond acceptors (Lipinski definition) is 2. The highest BCUT2D eigenvalue weighted by molar-refractivity contribution is 7.80. The van der Waals surface area contributed by atoms with E-state index in [0.29, 0.717) is 18.2 Å². The zero-order chi connectivity index (χ0) is 15.2. The van der Waals surface area contributed by atoms with Crippen LogP contribution < -0.4 is 15.4 Å². The third-order valence-electron chi connectivity index (χ3n) is 2.97. The molecule has 0 amide bonds. The first-order valence-corrected chi connectivity index (χ1v) is 7.09. The Bertz CT molecular complexity index is 478. The van der Waals surface area contributed by atoms with Gasteiger partial charge in [0.2, 0.25) is 0 Å². The highest BCUT2D eigenvalue weighted by atomic mass is 32.1. The molecule has 0 heterocycles. The summed E-state index contributed by atoms with van der Waals surface area (Å²) in [6.07, 6.45) is 1.78. The molecule has 20 heavy (non-hydrogen) atoms. The van der Waals surface area contributed by atoms with E-state index >= 15 is 0 Å². The molecule has 1 aromatic carbocycles. The van der Waals surface area contributed by atoms with Gasteiger partial charge in [0.25, 0.3) is 0 Å². The molecule has 0 spiro atoms. The van der Waals surface area contributed by atoms with E-state index in [1.54, 1.807) is 13.2 Å². The van der Waals surface area contributed by atoms with Gasteiger partial charge >= 0.3 is 0 Å². The average Bonchev–Trinajstić information content (AvgIpc) is 2.41. The molecule has 4 heteroatoms. The summed E-state index contributed by atoms with van der Waals surface area (Å²) >= 11 is 5.21. The van der Waals surface area contributed by atoms with E-state index in [-0.39, 0.29) is 5.41 Å². The van der Waals surface area contributed by atoms with Crippen LogP contribution in [0.25, 0.3) is 0 Å². The van der Waals surface area contributed by atoms with Crippen molar-refractivity contribution >= 4 is 17.3 Å². The predicted octanol–water partition coefficient (Wildman–Crippen LogP) is 3.14. The zero-order valence-electron chi connectivity index (χ0n) is 12.7. The number of nitrogens with one attached hydrogen (secondary N) is 2. The Morgan fingerprint density at radius 2 is 2.05 bits per heavy atom. The summed E-state index contributed by atoms with van der Waals surface area (Å²) in [6.45, 7) is 11.6. The maximum Gasteiger partial charge on any atom is 0.166 e. The molecule has 2 N–H and O–H groups in total. The molecule has 0 aromatic heterocycles.